The molecule has 1 N–H and O–H groups in total. The maximum atomic E-state index is 13.3. The molecule has 1 heterocycles. The average Bonchev–Trinajstić information content (AvgIpc) is 3.14. The van der Waals surface area contributed by atoms with Crippen LogP contribution in [0.3, 0.4) is 0 Å². The molecule has 0 unspecified atom stereocenters. The number of carbonyl (C=O) groups excluding carboxylic acids is 2. The normalized spacial score (nSPS) is 14.2. The van der Waals surface area contributed by atoms with E-state index in [9.17, 15) is 22.8 Å². The molecule has 1 aliphatic rings. The number of benzene rings is 2. The second-order valence-corrected chi connectivity index (χ2v) is 11.7. The standard InChI is InChI=1S/C27H31ClN4O6S/c1-18-25(26(34)32(31(18)3)22-12-8-5-9-13-22)29-39(36,37)23-15-19(14-20(28)16-23)27(35)38-17-24(33)30(2)21-10-6-4-7-11-21/h5,8-9,12-16,21,29H,4,6-7,10-11,17H2,1-3H3. The summed E-state index contributed by atoms with van der Waals surface area (Å²) in [5.74, 6) is -1.22. The molecule has 0 atom stereocenters. The molecular weight excluding hydrogens is 544 g/mol. The lowest BCUT2D eigenvalue weighted by Crippen LogP contribution is -2.40. The largest absolute Gasteiger partial charge is 0.452 e. The molecule has 12 heteroatoms. The Hall–Kier alpha value is -3.57. The van der Waals surface area contributed by atoms with Gasteiger partial charge in [-0.1, -0.05) is 49.1 Å². The van der Waals surface area contributed by atoms with Crippen molar-refractivity contribution >= 4 is 39.2 Å². The van der Waals surface area contributed by atoms with Crippen molar-refractivity contribution in [2.75, 3.05) is 18.4 Å². The van der Waals surface area contributed by atoms with Gasteiger partial charge in [0, 0.05) is 25.2 Å². The van der Waals surface area contributed by atoms with E-state index in [1.54, 1.807) is 56.3 Å². The fraction of sp³-hybridized carbons (Fsp3) is 0.370. The van der Waals surface area contributed by atoms with Gasteiger partial charge in [-0.05, 0) is 50.1 Å². The number of likely N-dealkylation sites (N-methyl/N-ethyl adjacent to an activating group) is 1. The Morgan fingerprint density at radius 2 is 1.77 bits per heavy atom. The molecule has 39 heavy (non-hydrogen) atoms. The zero-order valence-electron chi connectivity index (χ0n) is 22.0. The van der Waals surface area contributed by atoms with Crippen LogP contribution in [0, 0.1) is 6.92 Å². The lowest BCUT2D eigenvalue weighted by atomic mass is 9.94. The van der Waals surface area contributed by atoms with Crippen LogP contribution in [0.2, 0.25) is 5.02 Å². The van der Waals surface area contributed by atoms with Gasteiger partial charge in [0.2, 0.25) is 0 Å². The molecular formula is C27H31ClN4O6S. The number of nitrogens with zero attached hydrogens (tertiary/aromatic N) is 3. The Morgan fingerprint density at radius 3 is 2.44 bits per heavy atom. The highest BCUT2D eigenvalue weighted by Crippen LogP contribution is 2.24. The maximum Gasteiger partial charge on any atom is 0.338 e. The summed E-state index contributed by atoms with van der Waals surface area (Å²) in [6.07, 6.45) is 5.08. The molecule has 10 nitrogen and oxygen atoms in total. The molecule has 0 saturated heterocycles. The topological polar surface area (TPSA) is 120 Å². The molecule has 1 aliphatic carbocycles. The van der Waals surface area contributed by atoms with E-state index in [-0.39, 0.29) is 33.1 Å². The van der Waals surface area contributed by atoms with Crippen LogP contribution >= 0.6 is 11.6 Å². The van der Waals surface area contributed by atoms with Crippen LogP contribution in [-0.2, 0) is 26.6 Å². The minimum atomic E-state index is -4.33. The zero-order valence-corrected chi connectivity index (χ0v) is 23.6. The third kappa shape index (κ3) is 6.20. The van der Waals surface area contributed by atoms with Gasteiger partial charge in [-0.3, -0.25) is 19.0 Å². The highest BCUT2D eigenvalue weighted by molar-refractivity contribution is 7.92. The number of sulfonamides is 1. The van der Waals surface area contributed by atoms with Gasteiger partial charge in [-0.2, -0.15) is 0 Å². The van der Waals surface area contributed by atoms with Crippen LogP contribution in [0.25, 0.3) is 5.69 Å². The average molecular weight is 575 g/mol. The zero-order chi connectivity index (χ0) is 28.3. The molecule has 2 aromatic carbocycles. The van der Waals surface area contributed by atoms with E-state index in [4.69, 9.17) is 16.3 Å². The molecule has 1 saturated carbocycles. The summed E-state index contributed by atoms with van der Waals surface area (Å²) < 4.78 is 37.0. The number of amides is 1. The SMILES string of the molecule is Cc1c(NS(=O)(=O)c2cc(Cl)cc(C(=O)OCC(=O)N(C)C3CCCCC3)c2)c(=O)n(-c2ccccc2)n1C. The Kier molecular flexibility index (Phi) is 8.51. The van der Waals surface area contributed by atoms with Gasteiger partial charge in [0.05, 0.1) is 21.8 Å². The van der Waals surface area contributed by atoms with Gasteiger partial charge >= 0.3 is 5.97 Å². The molecule has 0 spiro atoms. The predicted octanol–water partition coefficient (Wildman–Crippen LogP) is 3.89. The number of carbonyl (C=O) groups is 2. The van der Waals surface area contributed by atoms with Crippen LogP contribution < -0.4 is 10.3 Å². The first kappa shape index (κ1) is 28.4. The summed E-state index contributed by atoms with van der Waals surface area (Å²) in [5.41, 5.74) is 0.112. The van der Waals surface area contributed by atoms with E-state index in [2.05, 4.69) is 4.72 Å². The number of anilines is 1. The fourth-order valence-corrected chi connectivity index (χ4v) is 6.18. The molecule has 3 aromatic rings. The van der Waals surface area contributed by atoms with Crippen molar-refractivity contribution in [3.8, 4) is 5.69 Å². The van der Waals surface area contributed by atoms with Crippen LogP contribution in [0.4, 0.5) is 5.69 Å². The van der Waals surface area contributed by atoms with Crippen molar-refractivity contribution in [1.29, 1.82) is 0 Å². The summed E-state index contributed by atoms with van der Waals surface area (Å²) in [6.45, 7) is 1.14. The number of rotatable bonds is 8. The highest BCUT2D eigenvalue weighted by Gasteiger charge is 2.26. The van der Waals surface area contributed by atoms with Crippen molar-refractivity contribution in [1.82, 2.24) is 14.3 Å². The molecule has 0 radical (unpaired) electrons. The van der Waals surface area contributed by atoms with Crippen LogP contribution in [0.1, 0.15) is 48.2 Å². The van der Waals surface area contributed by atoms with E-state index in [0.29, 0.717) is 11.4 Å². The van der Waals surface area contributed by atoms with Gasteiger partial charge in [0.25, 0.3) is 21.5 Å². The van der Waals surface area contributed by atoms with E-state index in [0.717, 1.165) is 44.2 Å². The molecule has 0 aliphatic heterocycles. The number of para-hydroxylation sites is 1. The lowest BCUT2D eigenvalue weighted by molar-refractivity contribution is -0.135. The number of hydrogen-bond donors (Lipinski definition) is 1. The summed E-state index contributed by atoms with van der Waals surface area (Å²) in [4.78, 5) is 39.7. The monoisotopic (exact) mass is 574 g/mol. The second-order valence-electron chi connectivity index (χ2n) is 9.59. The number of halogens is 1. The molecule has 1 amide bonds. The highest BCUT2D eigenvalue weighted by atomic mass is 35.5. The molecule has 1 aromatic heterocycles. The minimum Gasteiger partial charge on any atom is -0.452 e. The molecule has 1 fully saturated rings. The molecule has 0 bridgehead atoms. The van der Waals surface area contributed by atoms with Gasteiger partial charge in [-0.25, -0.2) is 17.9 Å². The van der Waals surface area contributed by atoms with E-state index < -0.39 is 28.2 Å². The summed E-state index contributed by atoms with van der Waals surface area (Å²) >= 11 is 6.14. The van der Waals surface area contributed by atoms with Crippen molar-refractivity contribution in [3.63, 3.8) is 0 Å². The van der Waals surface area contributed by atoms with Gasteiger partial charge in [0.1, 0.15) is 5.69 Å². The first-order valence-electron chi connectivity index (χ1n) is 12.6. The van der Waals surface area contributed by atoms with E-state index in [1.807, 2.05) is 0 Å². The molecule has 4 rings (SSSR count). The summed E-state index contributed by atoms with van der Waals surface area (Å²) in [5, 5.41) is -0.0260. The number of ether oxygens (including phenoxy) is 1. The lowest BCUT2D eigenvalue weighted by Gasteiger charge is -2.31. The smallest absolute Gasteiger partial charge is 0.338 e. The Bertz CT molecular complexity index is 1540. The van der Waals surface area contributed by atoms with Crippen LogP contribution in [0.15, 0.2) is 58.2 Å². The van der Waals surface area contributed by atoms with Crippen LogP contribution in [-0.4, -0.2) is 54.3 Å². The Morgan fingerprint density at radius 1 is 1.10 bits per heavy atom. The number of nitrogens with one attached hydrogen (secondary N) is 1. The summed E-state index contributed by atoms with van der Waals surface area (Å²) in [7, 11) is -0.991. The van der Waals surface area contributed by atoms with Crippen molar-refractivity contribution in [2.24, 2.45) is 7.05 Å². The summed E-state index contributed by atoms with van der Waals surface area (Å²) in [6, 6.07) is 12.4. The maximum absolute atomic E-state index is 13.3. The predicted molar refractivity (Wildman–Crippen MR) is 148 cm³/mol. The molecule has 208 valence electrons. The number of hydrogen-bond acceptors (Lipinski definition) is 6. The minimum absolute atomic E-state index is 0.0260. The fourth-order valence-electron chi connectivity index (χ4n) is 4.70. The number of esters is 1. The first-order chi connectivity index (χ1) is 18.5. The first-order valence-corrected chi connectivity index (χ1v) is 14.5. The van der Waals surface area contributed by atoms with Crippen molar-refractivity contribution < 1.29 is 22.7 Å². The Labute approximate surface area is 232 Å². The Balaban J connectivity index is 1.53. The quantitative estimate of drug-likeness (QED) is 0.408. The van der Waals surface area contributed by atoms with Crippen molar-refractivity contribution in [3.05, 3.63) is 75.2 Å². The van der Waals surface area contributed by atoms with Crippen LogP contribution in [0.5, 0.6) is 0 Å². The third-order valence-corrected chi connectivity index (χ3v) is 8.60. The van der Waals surface area contributed by atoms with Gasteiger partial charge in [0.15, 0.2) is 6.61 Å². The van der Waals surface area contributed by atoms with Crippen molar-refractivity contribution in [2.45, 2.75) is 50.0 Å². The van der Waals surface area contributed by atoms with Gasteiger partial charge < -0.3 is 9.64 Å². The van der Waals surface area contributed by atoms with E-state index >= 15 is 0 Å². The number of aromatic nitrogens is 2. The van der Waals surface area contributed by atoms with E-state index in [1.165, 1.54) is 15.4 Å². The third-order valence-electron chi connectivity index (χ3n) is 7.05. The van der Waals surface area contributed by atoms with Gasteiger partial charge in [-0.15, -0.1) is 0 Å². The second kappa shape index (κ2) is 11.7.